The van der Waals surface area contributed by atoms with E-state index in [2.05, 4.69) is 162 Å². The fourth-order valence-corrected chi connectivity index (χ4v) is 8.50. The Labute approximate surface area is 304 Å². The number of aromatic nitrogens is 4. The third-order valence-electron chi connectivity index (χ3n) is 10.2. The number of aromatic hydroxyl groups is 1. The van der Waals surface area contributed by atoms with Gasteiger partial charge in [0.2, 0.25) is 0 Å². The number of hydrogen-bond acceptors (Lipinski definition) is 3. The first-order valence-corrected chi connectivity index (χ1v) is 21.2. The molecule has 0 fully saturated rings. The monoisotopic (exact) mass is 690 g/mol. The van der Waals surface area contributed by atoms with Crippen molar-refractivity contribution in [2.45, 2.75) is 19.6 Å². The number of pyridine rings is 1. The molecule has 0 saturated carbocycles. The highest BCUT2D eigenvalue weighted by molar-refractivity contribution is 6.88. The maximum Gasteiger partial charge on any atom is 0.144 e. The predicted molar refractivity (Wildman–Crippen MR) is 219 cm³/mol. The Morgan fingerprint density at radius 2 is 1.21 bits per heavy atom. The van der Waals surface area contributed by atoms with E-state index >= 15 is 0 Å². The maximum absolute atomic E-state index is 11.4. The van der Waals surface area contributed by atoms with Crippen LogP contribution in [0.3, 0.4) is 0 Å². The van der Waals surface area contributed by atoms with Gasteiger partial charge in [-0.2, -0.15) is 0 Å². The summed E-state index contributed by atoms with van der Waals surface area (Å²) in [7, 11) is 0.538. The minimum atomic E-state index is -1.49. The van der Waals surface area contributed by atoms with Gasteiger partial charge in [0, 0.05) is 40.8 Å². The van der Waals surface area contributed by atoms with Gasteiger partial charge in [-0.05, 0) is 82.5 Å². The highest BCUT2D eigenvalue weighted by atomic mass is 28.3. The Balaban J connectivity index is 1.21. The van der Waals surface area contributed by atoms with Gasteiger partial charge in [0.25, 0.3) is 0 Å². The molecule has 0 aliphatic heterocycles. The molecule has 252 valence electrons. The maximum atomic E-state index is 11.4. The van der Waals surface area contributed by atoms with Crippen LogP contribution in [0.4, 0.5) is 0 Å². The van der Waals surface area contributed by atoms with Crippen molar-refractivity contribution in [3.63, 3.8) is 0 Å². The molecule has 6 heteroatoms. The molecule has 5 nitrogen and oxygen atoms in total. The second-order valence-electron chi connectivity index (χ2n) is 14.6. The highest BCUT2D eigenvalue weighted by Gasteiger charge is 2.21. The van der Waals surface area contributed by atoms with E-state index in [1.165, 1.54) is 16.0 Å². The van der Waals surface area contributed by atoms with Crippen molar-refractivity contribution in [2.24, 2.45) is 7.05 Å². The summed E-state index contributed by atoms with van der Waals surface area (Å²) >= 11 is 0. The van der Waals surface area contributed by atoms with Crippen LogP contribution in [0.5, 0.6) is 5.75 Å². The molecule has 0 spiro atoms. The van der Waals surface area contributed by atoms with Crippen molar-refractivity contribution >= 4 is 46.1 Å². The van der Waals surface area contributed by atoms with E-state index in [0.717, 1.165) is 61.3 Å². The lowest BCUT2D eigenvalue weighted by atomic mass is 9.94. The van der Waals surface area contributed by atoms with Crippen LogP contribution in [0, 0.1) is 0 Å². The lowest BCUT2D eigenvalue weighted by molar-refractivity contribution is 0.476. The minimum absolute atomic E-state index is 0.186. The van der Waals surface area contributed by atoms with Gasteiger partial charge in [0.05, 0.1) is 41.4 Å². The largest absolute Gasteiger partial charge is 0.507 e. The summed E-state index contributed by atoms with van der Waals surface area (Å²) in [6.45, 7) is 7.04. The Bertz CT molecular complexity index is 2740. The fraction of sp³-hybridized carbons (Fsp3) is 0.0870. The van der Waals surface area contributed by atoms with Gasteiger partial charge in [-0.3, -0.25) is 4.98 Å². The third-order valence-corrected chi connectivity index (χ3v) is 12.3. The van der Waals surface area contributed by atoms with E-state index in [1.807, 2.05) is 19.2 Å². The first kappa shape index (κ1) is 31.7. The number of nitrogens with zero attached hydrogens (tertiary/aromatic N) is 4. The summed E-state index contributed by atoms with van der Waals surface area (Å²) in [6.07, 6.45) is 2.06. The van der Waals surface area contributed by atoms with E-state index in [-0.39, 0.29) is 5.75 Å². The lowest BCUT2D eigenvalue weighted by Gasteiger charge is -2.16. The van der Waals surface area contributed by atoms with Gasteiger partial charge in [-0.15, -0.1) is 0 Å². The second kappa shape index (κ2) is 12.2. The molecule has 1 N–H and O–H groups in total. The summed E-state index contributed by atoms with van der Waals surface area (Å²) in [5, 5.41) is 15.1. The van der Waals surface area contributed by atoms with Crippen molar-refractivity contribution in [3.8, 4) is 56.3 Å². The quantitative estimate of drug-likeness (QED) is 0.177. The molecule has 0 amide bonds. The number of para-hydroxylation sites is 3. The van der Waals surface area contributed by atoms with Crippen molar-refractivity contribution in [3.05, 3.63) is 152 Å². The number of hydrogen-bond donors (Lipinski definition) is 1. The number of benzene rings is 6. The predicted octanol–water partition coefficient (Wildman–Crippen LogP) is 11.0. The Morgan fingerprint density at radius 1 is 0.558 bits per heavy atom. The smallest absolute Gasteiger partial charge is 0.144 e. The van der Waals surface area contributed by atoms with E-state index in [1.54, 1.807) is 6.07 Å². The van der Waals surface area contributed by atoms with Crippen LogP contribution >= 0.6 is 0 Å². The summed E-state index contributed by atoms with van der Waals surface area (Å²) in [6, 6.07) is 50.7. The number of fused-ring (bicyclic) bond motifs is 4. The molecule has 3 aromatic heterocycles. The molecule has 0 bridgehead atoms. The molecule has 52 heavy (non-hydrogen) atoms. The average molecular weight is 691 g/mol. The summed E-state index contributed by atoms with van der Waals surface area (Å²) < 4.78 is 4.35. The molecular formula is C46H38N4OSi. The summed E-state index contributed by atoms with van der Waals surface area (Å²) in [5.74, 6) is 0.885. The van der Waals surface area contributed by atoms with Crippen molar-refractivity contribution in [1.29, 1.82) is 0 Å². The molecule has 6 aromatic carbocycles. The topological polar surface area (TPSA) is 55.9 Å². The van der Waals surface area contributed by atoms with Gasteiger partial charge < -0.3 is 14.2 Å². The molecule has 9 rings (SSSR count). The molecule has 0 atom stereocenters. The molecule has 0 radical (unpaired) electrons. The first-order chi connectivity index (χ1) is 25.2. The fourth-order valence-electron chi connectivity index (χ4n) is 7.47. The SMILES string of the molecule is Cn1c(-c2cc(-n3c4ccccc4c4ccccc43)ccc2O)nc2c(-c3cc(-c4ccccc4)cc(-c4ccc([Si](C)(C)C)cn4)c3)cccc21. The van der Waals surface area contributed by atoms with Gasteiger partial charge >= 0.3 is 0 Å². The van der Waals surface area contributed by atoms with Gasteiger partial charge in [0.15, 0.2) is 0 Å². The number of rotatable bonds is 6. The number of aryl methyl sites for hydroxylation is 1. The van der Waals surface area contributed by atoms with Crippen LogP contribution in [0.2, 0.25) is 19.6 Å². The van der Waals surface area contributed by atoms with Crippen LogP contribution in [-0.2, 0) is 7.05 Å². The van der Waals surface area contributed by atoms with E-state index in [0.29, 0.717) is 11.4 Å². The Hall–Kier alpha value is -6.24. The molecule has 0 unspecified atom stereocenters. The zero-order chi connectivity index (χ0) is 35.6. The Kier molecular flexibility index (Phi) is 7.45. The molecule has 0 saturated heterocycles. The molecule has 0 aliphatic rings. The average Bonchev–Trinajstić information content (AvgIpc) is 3.69. The van der Waals surface area contributed by atoms with Crippen LogP contribution in [0.15, 0.2) is 152 Å². The molecule has 3 heterocycles. The number of phenolic OH excluding ortho intramolecular Hbond substituents is 1. The summed E-state index contributed by atoms with van der Waals surface area (Å²) in [5.41, 5.74) is 12.1. The van der Waals surface area contributed by atoms with E-state index in [9.17, 15) is 5.11 Å². The Morgan fingerprint density at radius 3 is 1.90 bits per heavy atom. The second-order valence-corrected chi connectivity index (χ2v) is 19.7. The van der Waals surface area contributed by atoms with Crippen molar-refractivity contribution < 1.29 is 5.11 Å². The number of imidazole rings is 1. The van der Waals surface area contributed by atoms with Crippen molar-refractivity contribution in [1.82, 2.24) is 19.1 Å². The minimum Gasteiger partial charge on any atom is -0.507 e. The summed E-state index contributed by atoms with van der Waals surface area (Å²) in [4.78, 5) is 10.3. The zero-order valence-electron chi connectivity index (χ0n) is 29.7. The van der Waals surface area contributed by atoms with Crippen molar-refractivity contribution in [2.75, 3.05) is 0 Å². The van der Waals surface area contributed by atoms with Crippen LogP contribution < -0.4 is 5.19 Å². The lowest BCUT2D eigenvalue weighted by Crippen LogP contribution is -2.37. The van der Waals surface area contributed by atoms with Crippen LogP contribution in [0.25, 0.3) is 83.4 Å². The van der Waals surface area contributed by atoms with Crippen LogP contribution in [-0.4, -0.2) is 32.3 Å². The normalized spacial score (nSPS) is 11.9. The highest BCUT2D eigenvalue weighted by Crippen LogP contribution is 2.40. The molecular weight excluding hydrogens is 653 g/mol. The van der Waals surface area contributed by atoms with Gasteiger partial charge in [-0.1, -0.05) is 105 Å². The van der Waals surface area contributed by atoms with Gasteiger partial charge in [-0.25, -0.2) is 4.98 Å². The zero-order valence-corrected chi connectivity index (χ0v) is 30.7. The molecule has 0 aliphatic carbocycles. The number of phenols is 1. The standard InChI is InChI=1S/C46H38N4OSi/c1-49-43-20-12-17-36(32-25-31(30-13-6-5-7-14-30)26-33(27-32)40-23-22-35(29-47-40)52(2,3)4)45(43)48-46(49)39-28-34(21-24-44(39)51)50-41-18-10-8-15-37(41)38-16-9-11-19-42(38)50/h5-29,51H,1-4H3. The molecule has 9 aromatic rings. The first-order valence-electron chi connectivity index (χ1n) is 17.7. The van der Waals surface area contributed by atoms with Crippen LogP contribution in [0.1, 0.15) is 0 Å². The van der Waals surface area contributed by atoms with E-state index in [4.69, 9.17) is 9.97 Å². The van der Waals surface area contributed by atoms with Gasteiger partial charge in [0.1, 0.15) is 11.6 Å². The van der Waals surface area contributed by atoms with E-state index < -0.39 is 8.07 Å². The third kappa shape index (κ3) is 5.31.